The van der Waals surface area contributed by atoms with Crippen molar-refractivity contribution in [3.05, 3.63) is 49.3 Å². The molecule has 1 N–H and O–H groups in total. The van der Waals surface area contributed by atoms with Gasteiger partial charge < -0.3 is 9.88 Å². The number of pyridine rings is 1. The number of aryl methyl sites for hydroxylation is 2. The minimum absolute atomic E-state index is 0.152. The smallest absolute Gasteiger partial charge is 0.219 e. The zero-order valence-corrected chi connectivity index (χ0v) is 12.3. The number of aromatic nitrogens is 3. The van der Waals surface area contributed by atoms with Gasteiger partial charge >= 0.3 is 0 Å². The number of hydrogen-bond donors (Lipinski definition) is 1. The Hall–Kier alpha value is -2.17. The van der Waals surface area contributed by atoms with Gasteiger partial charge in [-0.25, -0.2) is 9.55 Å². The third kappa shape index (κ3) is 6.21. The zero-order chi connectivity index (χ0) is 14.8. The van der Waals surface area contributed by atoms with Gasteiger partial charge in [0, 0.05) is 50.5 Å². The summed E-state index contributed by atoms with van der Waals surface area (Å²) in [4.78, 5) is 15.7. The van der Waals surface area contributed by atoms with Gasteiger partial charge in [0.05, 0.1) is 6.33 Å². The first-order valence-corrected chi connectivity index (χ1v) is 7.51. The van der Waals surface area contributed by atoms with Crippen LogP contribution in [0, 0.1) is 0 Å². The van der Waals surface area contributed by atoms with E-state index in [1.807, 2.05) is 29.0 Å². The molecule has 5 nitrogen and oxygen atoms in total. The summed E-state index contributed by atoms with van der Waals surface area (Å²) >= 11 is 0. The van der Waals surface area contributed by atoms with Crippen LogP contribution in [0.25, 0.3) is 0 Å². The largest absolute Gasteiger partial charge is 0.356 e. The van der Waals surface area contributed by atoms with Crippen LogP contribution < -0.4 is 9.88 Å². The van der Waals surface area contributed by atoms with Crippen molar-refractivity contribution in [2.24, 2.45) is 0 Å². The minimum atomic E-state index is 0.152. The van der Waals surface area contributed by atoms with Crippen LogP contribution in [0.15, 0.2) is 49.3 Å². The normalized spacial score (nSPS) is 10.5. The second-order valence-corrected chi connectivity index (χ2v) is 5.07. The second-order valence-electron chi connectivity index (χ2n) is 5.07. The monoisotopic (exact) mass is 287 g/mol. The third-order valence-corrected chi connectivity index (χ3v) is 3.32. The van der Waals surface area contributed by atoms with Gasteiger partial charge in [-0.1, -0.05) is 6.07 Å². The topological polar surface area (TPSA) is 50.8 Å². The van der Waals surface area contributed by atoms with Crippen LogP contribution in [0.4, 0.5) is 0 Å². The fraction of sp³-hybridized carbons (Fsp3) is 0.438. The van der Waals surface area contributed by atoms with Crippen molar-refractivity contribution in [2.45, 2.75) is 38.8 Å². The molecule has 0 aromatic carbocycles. The minimum Gasteiger partial charge on any atom is -0.356 e. The number of imidazole rings is 1. The van der Waals surface area contributed by atoms with Gasteiger partial charge in [0.2, 0.25) is 5.91 Å². The highest BCUT2D eigenvalue weighted by molar-refractivity contribution is 5.75. The van der Waals surface area contributed by atoms with Crippen molar-refractivity contribution in [1.82, 2.24) is 14.9 Å². The standard InChI is InChI=1S/C16H22N4O/c21-16(18-8-6-13-20-14-9-17-15-20)7-2-5-12-19-10-3-1-4-11-19/h1,3-4,9-11,14-15H,2,5-8,12-13H2/p+1. The van der Waals surface area contributed by atoms with E-state index in [0.717, 1.165) is 38.9 Å². The molecular weight excluding hydrogens is 264 g/mol. The average molecular weight is 287 g/mol. The maximum absolute atomic E-state index is 11.7. The molecule has 0 atom stereocenters. The predicted molar refractivity (Wildman–Crippen MR) is 80.3 cm³/mol. The molecule has 0 radical (unpaired) electrons. The highest BCUT2D eigenvalue weighted by atomic mass is 16.1. The Morgan fingerprint density at radius 1 is 1.14 bits per heavy atom. The van der Waals surface area contributed by atoms with Crippen LogP contribution in [-0.2, 0) is 17.9 Å². The van der Waals surface area contributed by atoms with Crippen molar-refractivity contribution in [3.8, 4) is 0 Å². The Morgan fingerprint density at radius 2 is 2.00 bits per heavy atom. The zero-order valence-electron chi connectivity index (χ0n) is 12.3. The van der Waals surface area contributed by atoms with Gasteiger partial charge in [-0.3, -0.25) is 4.79 Å². The van der Waals surface area contributed by atoms with Crippen molar-refractivity contribution >= 4 is 5.91 Å². The van der Waals surface area contributed by atoms with E-state index in [0.29, 0.717) is 6.42 Å². The highest BCUT2D eigenvalue weighted by Crippen LogP contribution is 1.96. The Labute approximate surface area is 125 Å². The molecule has 2 heterocycles. The van der Waals surface area contributed by atoms with E-state index < -0.39 is 0 Å². The summed E-state index contributed by atoms with van der Waals surface area (Å²) < 4.78 is 4.16. The van der Waals surface area contributed by atoms with Crippen LogP contribution in [-0.4, -0.2) is 22.0 Å². The quantitative estimate of drug-likeness (QED) is 0.562. The van der Waals surface area contributed by atoms with E-state index in [-0.39, 0.29) is 5.91 Å². The number of nitrogens with one attached hydrogen (secondary N) is 1. The van der Waals surface area contributed by atoms with Crippen LogP contribution in [0.3, 0.4) is 0 Å². The summed E-state index contributed by atoms with van der Waals surface area (Å²) in [5.74, 6) is 0.152. The summed E-state index contributed by atoms with van der Waals surface area (Å²) in [6.45, 7) is 2.59. The number of hydrogen-bond acceptors (Lipinski definition) is 2. The van der Waals surface area contributed by atoms with E-state index in [9.17, 15) is 4.79 Å². The lowest BCUT2D eigenvalue weighted by Crippen LogP contribution is -2.32. The fourth-order valence-corrected chi connectivity index (χ4v) is 2.16. The summed E-state index contributed by atoms with van der Waals surface area (Å²) in [5, 5.41) is 2.96. The number of unbranched alkanes of at least 4 members (excludes halogenated alkanes) is 1. The molecule has 0 aliphatic heterocycles. The predicted octanol–water partition coefficient (Wildman–Crippen LogP) is 1.55. The van der Waals surface area contributed by atoms with E-state index in [1.165, 1.54) is 0 Å². The molecule has 0 unspecified atom stereocenters. The van der Waals surface area contributed by atoms with Crippen LogP contribution in [0.5, 0.6) is 0 Å². The molecule has 2 aromatic heterocycles. The van der Waals surface area contributed by atoms with Gasteiger partial charge in [-0.15, -0.1) is 0 Å². The number of amides is 1. The van der Waals surface area contributed by atoms with Crippen LogP contribution in [0.1, 0.15) is 25.7 Å². The third-order valence-electron chi connectivity index (χ3n) is 3.32. The Bertz CT molecular complexity index is 510. The fourth-order valence-electron chi connectivity index (χ4n) is 2.16. The molecule has 0 saturated carbocycles. The molecule has 112 valence electrons. The van der Waals surface area contributed by atoms with Crippen molar-refractivity contribution in [2.75, 3.05) is 6.54 Å². The molecule has 0 aliphatic rings. The molecule has 0 spiro atoms. The molecule has 5 heteroatoms. The molecule has 2 rings (SSSR count). The second kappa shape index (κ2) is 8.89. The molecular formula is C16H23N4O+. The lowest BCUT2D eigenvalue weighted by molar-refractivity contribution is -0.697. The van der Waals surface area contributed by atoms with Gasteiger partial charge in [-0.05, 0) is 12.8 Å². The number of nitrogens with zero attached hydrogens (tertiary/aromatic N) is 3. The molecule has 0 bridgehead atoms. The summed E-state index contributed by atoms with van der Waals surface area (Å²) in [6.07, 6.45) is 13.1. The maximum atomic E-state index is 11.7. The van der Waals surface area contributed by atoms with E-state index >= 15 is 0 Å². The average Bonchev–Trinajstić information content (AvgIpc) is 3.02. The Kier molecular flexibility index (Phi) is 6.45. The van der Waals surface area contributed by atoms with Crippen molar-refractivity contribution in [1.29, 1.82) is 0 Å². The van der Waals surface area contributed by atoms with Gasteiger partial charge in [-0.2, -0.15) is 0 Å². The summed E-state index contributed by atoms with van der Waals surface area (Å²) in [6, 6.07) is 6.05. The SMILES string of the molecule is O=C(CCCC[n+]1ccccc1)NCCCn1ccnc1. The summed E-state index contributed by atoms with van der Waals surface area (Å²) in [5.41, 5.74) is 0. The number of rotatable bonds is 9. The van der Waals surface area contributed by atoms with Crippen LogP contribution in [0.2, 0.25) is 0 Å². The first-order chi connectivity index (χ1) is 10.3. The first-order valence-electron chi connectivity index (χ1n) is 7.51. The lowest BCUT2D eigenvalue weighted by Gasteiger charge is -2.05. The Balaban J connectivity index is 1.48. The van der Waals surface area contributed by atoms with Crippen LogP contribution >= 0.6 is 0 Å². The Morgan fingerprint density at radius 3 is 2.76 bits per heavy atom. The van der Waals surface area contributed by atoms with Crippen molar-refractivity contribution < 1.29 is 9.36 Å². The number of carbonyl (C=O) groups is 1. The van der Waals surface area contributed by atoms with E-state index in [1.54, 1.807) is 12.5 Å². The van der Waals surface area contributed by atoms with Gasteiger partial charge in [0.15, 0.2) is 12.4 Å². The molecule has 0 aliphatic carbocycles. The first kappa shape index (κ1) is 15.2. The molecule has 21 heavy (non-hydrogen) atoms. The lowest BCUT2D eigenvalue weighted by atomic mass is 10.2. The number of carbonyl (C=O) groups excluding carboxylic acids is 1. The summed E-state index contributed by atoms with van der Waals surface area (Å²) in [7, 11) is 0. The van der Waals surface area contributed by atoms with Gasteiger partial charge in [0.25, 0.3) is 0 Å². The highest BCUT2D eigenvalue weighted by Gasteiger charge is 2.03. The van der Waals surface area contributed by atoms with E-state index in [4.69, 9.17) is 0 Å². The van der Waals surface area contributed by atoms with Gasteiger partial charge in [0.1, 0.15) is 6.54 Å². The molecule has 0 saturated heterocycles. The molecule has 0 fully saturated rings. The molecule has 1 amide bonds. The van der Waals surface area contributed by atoms with Crippen molar-refractivity contribution in [3.63, 3.8) is 0 Å². The van der Waals surface area contributed by atoms with E-state index in [2.05, 4.69) is 27.3 Å². The molecule has 2 aromatic rings. The maximum Gasteiger partial charge on any atom is 0.219 e.